The quantitative estimate of drug-likeness (QED) is 0.806. The number of nitrogens with zero attached hydrogens (tertiary/aromatic N) is 1. The second-order valence-electron chi connectivity index (χ2n) is 5.05. The van der Waals surface area contributed by atoms with Crippen molar-refractivity contribution in [1.82, 2.24) is 4.31 Å². The third kappa shape index (κ3) is 4.54. The van der Waals surface area contributed by atoms with Gasteiger partial charge in [0, 0.05) is 30.1 Å². The van der Waals surface area contributed by atoms with Crippen molar-refractivity contribution >= 4 is 27.7 Å². The zero-order valence-electron chi connectivity index (χ0n) is 12.0. The lowest BCUT2D eigenvalue weighted by Gasteiger charge is -2.21. The van der Waals surface area contributed by atoms with E-state index < -0.39 is 10.0 Å². The third-order valence-corrected chi connectivity index (χ3v) is 5.47. The summed E-state index contributed by atoms with van der Waals surface area (Å²) < 4.78 is 31.6. The second-order valence-corrected chi connectivity index (χ2v) is 7.28. The Labute approximate surface area is 131 Å². The largest absolute Gasteiger partial charge is 0.381 e. The van der Waals surface area contributed by atoms with E-state index in [2.05, 4.69) is 0 Å². The van der Waals surface area contributed by atoms with E-state index in [1.165, 1.54) is 9.71 Å². The monoisotopic (exact) mass is 329 g/mol. The van der Waals surface area contributed by atoms with Gasteiger partial charge in [-0.1, -0.05) is 36.7 Å². The van der Waals surface area contributed by atoms with Crippen molar-refractivity contribution in [2.24, 2.45) is 5.92 Å². The Morgan fingerprint density at radius 3 is 2.81 bits per heavy atom. The topological polar surface area (TPSA) is 46.6 Å². The maximum Gasteiger partial charge on any atom is 0.236 e. The van der Waals surface area contributed by atoms with E-state index in [0.29, 0.717) is 30.3 Å². The van der Waals surface area contributed by atoms with Crippen LogP contribution in [-0.4, -0.2) is 39.0 Å². The molecule has 0 N–H and O–H groups in total. The Balaban J connectivity index is 2.10. The first-order chi connectivity index (χ1) is 10.0. The lowest BCUT2D eigenvalue weighted by atomic mass is 10.1. The molecule has 1 heterocycles. The highest BCUT2D eigenvalue weighted by Crippen LogP contribution is 2.19. The maximum atomic E-state index is 12.4. The highest BCUT2D eigenvalue weighted by Gasteiger charge is 2.24. The van der Waals surface area contributed by atoms with Crippen molar-refractivity contribution in [1.29, 1.82) is 0 Å². The van der Waals surface area contributed by atoms with E-state index in [-0.39, 0.29) is 5.92 Å². The second kappa shape index (κ2) is 7.40. The lowest BCUT2D eigenvalue weighted by Crippen LogP contribution is -2.34. The highest BCUT2D eigenvalue weighted by molar-refractivity contribution is 7.92. The molecule has 0 bridgehead atoms. The minimum absolute atomic E-state index is 0.286. The van der Waals surface area contributed by atoms with Gasteiger partial charge >= 0.3 is 0 Å². The van der Waals surface area contributed by atoms with Crippen molar-refractivity contribution in [2.75, 3.05) is 26.3 Å². The average molecular weight is 330 g/mol. The van der Waals surface area contributed by atoms with Crippen molar-refractivity contribution in [3.05, 3.63) is 40.3 Å². The Hall–Kier alpha value is -0.880. The van der Waals surface area contributed by atoms with Crippen LogP contribution in [0.3, 0.4) is 0 Å². The molecule has 6 heteroatoms. The molecule has 1 saturated heterocycles. The molecule has 4 nitrogen and oxygen atoms in total. The number of halogens is 1. The minimum atomic E-state index is -3.44. The summed E-state index contributed by atoms with van der Waals surface area (Å²) in [6.07, 6.45) is 2.46. The van der Waals surface area contributed by atoms with Crippen LogP contribution in [0.5, 0.6) is 0 Å². The van der Waals surface area contributed by atoms with Crippen molar-refractivity contribution in [3.63, 3.8) is 0 Å². The molecule has 0 saturated carbocycles. The van der Waals surface area contributed by atoms with Crippen LogP contribution in [0, 0.1) is 5.92 Å². The van der Waals surface area contributed by atoms with Gasteiger partial charge in [0.05, 0.1) is 6.61 Å². The van der Waals surface area contributed by atoms with Crippen LogP contribution < -0.4 is 0 Å². The van der Waals surface area contributed by atoms with Crippen LogP contribution in [0.15, 0.2) is 29.7 Å². The molecule has 1 aliphatic rings. The van der Waals surface area contributed by atoms with E-state index in [9.17, 15) is 8.42 Å². The first-order valence-electron chi connectivity index (χ1n) is 7.03. The smallest absolute Gasteiger partial charge is 0.236 e. The molecule has 0 aromatic heterocycles. The summed E-state index contributed by atoms with van der Waals surface area (Å²) in [6.45, 7) is 4.16. The Morgan fingerprint density at radius 1 is 1.43 bits per heavy atom. The molecule has 0 aliphatic carbocycles. The molecule has 0 spiro atoms. The number of ether oxygens (including phenoxy) is 1. The summed E-state index contributed by atoms with van der Waals surface area (Å²) in [5.74, 6) is 0.286. The standard InChI is InChI=1S/C15H20ClNO3S/c1-2-17(11-13-7-9-20-12-13)21(18,19)10-8-14-5-3-4-6-15(14)16/h3-6,8,10,13H,2,7,9,11-12H2,1H3/b10-8+/t13-/m1/s1. The van der Waals surface area contributed by atoms with E-state index in [4.69, 9.17) is 16.3 Å². The van der Waals surface area contributed by atoms with Crippen LogP contribution in [0.4, 0.5) is 0 Å². The van der Waals surface area contributed by atoms with E-state index in [0.717, 1.165) is 13.0 Å². The molecular weight excluding hydrogens is 310 g/mol. The zero-order chi connectivity index (χ0) is 15.3. The number of rotatable bonds is 6. The molecule has 0 radical (unpaired) electrons. The first-order valence-corrected chi connectivity index (χ1v) is 8.91. The van der Waals surface area contributed by atoms with Gasteiger partial charge in [-0.25, -0.2) is 8.42 Å². The van der Waals surface area contributed by atoms with Gasteiger partial charge in [-0.2, -0.15) is 4.31 Å². The molecular formula is C15H20ClNO3S. The Morgan fingerprint density at radius 2 is 2.19 bits per heavy atom. The fourth-order valence-corrected chi connectivity index (χ4v) is 3.75. The van der Waals surface area contributed by atoms with Gasteiger partial charge in [0.25, 0.3) is 0 Å². The van der Waals surface area contributed by atoms with Gasteiger partial charge in [0.1, 0.15) is 0 Å². The predicted molar refractivity (Wildman–Crippen MR) is 85.6 cm³/mol. The van der Waals surface area contributed by atoms with Crippen LogP contribution in [0.1, 0.15) is 18.9 Å². The van der Waals surface area contributed by atoms with Gasteiger partial charge in [-0.15, -0.1) is 0 Å². The summed E-state index contributed by atoms with van der Waals surface area (Å²) in [5.41, 5.74) is 0.697. The maximum absolute atomic E-state index is 12.4. The van der Waals surface area contributed by atoms with Gasteiger partial charge in [0.15, 0.2) is 0 Å². The van der Waals surface area contributed by atoms with Gasteiger partial charge in [0.2, 0.25) is 10.0 Å². The fourth-order valence-electron chi connectivity index (χ4n) is 2.28. The molecule has 1 fully saturated rings. The minimum Gasteiger partial charge on any atom is -0.381 e. The van der Waals surface area contributed by atoms with Crippen molar-refractivity contribution in [2.45, 2.75) is 13.3 Å². The van der Waals surface area contributed by atoms with E-state index >= 15 is 0 Å². The predicted octanol–water partition coefficient (Wildman–Crippen LogP) is 3.00. The number of hydrogen-bond donors (Lipinski definition) is 0. The summed E-state index contributed by atoms with van der Waals surface area (Å²) in [6, 6.07) is 7.16. The van der Waals surface area contributed by atoms with Crippen LogP contribution in [0.25, 0.3) is 6.08 Å². The summed E-state index contributed by atoms with van der Waals surface area (Å²) in [4.78, 5) is 0. The molecule has 2 rings (SSSR count). The Kier molecular flexibility index (Phi) is 5.81. The van der Waals surface area contributed by atoms with Crippen molar-refractivity contribution < 1.29 is 13.2 Å². The Bertz CT molecular complexity index is 595. The molecule has 0 unspecified atom stereocenters. The summed E-state index contributed by atoms with van der Waals surface area (Å²) in [5, 5.41) is 1.77. The highest BCUT2D eigenvalue weighted by atomic mass is 35.5. The molecule has 1 atom stereocenters. The normalized spacial score (nSPS) is 19.7. The van der Waals surface area contributed by atoms with Crippen LogP contribution in [-0.2, 0) is 14.8 Å². The van der Waals surface area contributed by atoms with E-state index in [1.54, 1.807) is 18.2 Å². The molecule has 1 aromatic carbocycles. The van der Waals surface area contributed by atoms with Gasteiger partial charge in [-0.3, -0.25) is 0 Å². The lowest BCUT2D eigenvalue weighted by molar-refractivity contribution is 0.181. The number of hydrogen-bond acceptors (Lipinski definition) is 3. The average Bonchev–Trinajstić information content (AvgIpc) is 2.97. The molecule has 1 aliphatic heterocycles. The fraction of sp³-hybridized carbons (Fsp3) is 0.467. The van der Waals surface area contributed by atoms with Crippen LogP contribution in [0.2, 0.25) is 5.02 Å². The van der Waals surface area contributed by atoms with Gasteiger partial charge in [-0.05, 0) is 30.0 Å². The van der Waals surface area contributed by atoms with Gasteiger partial charge < -0.3 is 4.74 Å². The zero-order valence-corrected chi connectivity index (χ0v) is 13.6. The molecule has 1 aromatic rings. The first kappa shape index (κ1) is 16.5. The number of benzene rings is 1. The van der Waals surface area contributed by atoms with Crippen LogP contribution >= 0.6 is 11.6 Å². The molecule has 0 amide bonds. The third-order valence-electron chi connectivity index (χ3n) is 3.52. The summed E-state index contributed by atoms with van der Waals surface area (Å²) >= 11 is 6.03. The van der Waals surface area contributed by atoms with Crippen molar-refractivity contribution in [3.8, 4) is 0 Å². The SMILES string of the molecule is CCN(C[C@H]1CCOC1)S(=O)(=O)/C=C/c1ccccc1Cl. The van der Waals surface area contributed by atoms with E-state index in [1.807, 2.05) is 19.1 Å². The number of sulfonamides is 1. The molecule has 21 heavy (non-hydrogen) atoms. The molecule has 116 valence electrons. The summed E-state index contributed by atoms with van der Waals surface area (Å²) in [7, 11) is -3.44.